The predicted octanol–water partition coefficient (Wildman–Crippen LogP) is 18.8. The summed E-state index contributed by atoms with van der Waals surface area (Å²) in [7, 11) is 0. The van der Waals surface area contributed by atoms with Crippen LogP contribution in [0, 0.1) is 0 Å². The van der Waals surface area contributed by atoms with Gasteiger partial charge in [0.05, 0.1) is 6.61 Å². The molecule has 0 fully saturated rings. The van der Waals surface area contributed by atoms with Crippen LogP contribution in [-0.4, -0.2) is 37.9 Å². The maximum atomic E-state index is 12.8. The molecule has 5 nitrogen and oxygen atoms in total. The van der Waals surface area contributed by atoms with E-state index in [0.29, 0.717) is 19.4 Å². The Labute approximate surface area is 408 Å². The summed E-state index contributed by atoms with van der Waals surface area (Å²) in [6, 6.07) is 0. The smallest absolute Gasteiger partial charge is 0.306 e. The minimum absolute atomic E-state index is 0.0528. The molecule has 0 bridgehead atoms. The van der Waals surface area contributed by atoms with Gasteiger partial charge in [-0.05, 0) is 122 Å². The van der Waals surface area contributed by atoms with Crippen molar-refractivity contribution in [3.63, 3.8) is 0 Å². The highest BCUT2D eigenvalue weighted by molar-refractivity contribution is 5.70. The van der Waals surface area contributed by atoms with Gasteiger partial charge in [0.2, 0.25) is 0 Å². The Kier molecular flexibility index (Phi) is 53.0. The number of hydrogen-bond donors (Lipinski definition) is 0. The molecule has 0 N–H and O–H groups in total. The summed E-state index contributed by atoms with van der Waals surface area (Å²) in [6.07, 6.45) is 76.7. The molecule has 0 aromatic rings. The minimum atomic E-state index is -0.569. The molecule has 0 radical (unpaired) electrons. The van der Waals surface area contributed by atoms with Gasteiger partial charge in [0.1, 0.15) is 6.61 Å². The van der Waals surface area contributed by atoms with Gasteiger partial charge in [-0.25, -0.2) is 0 Å². The molecule has 1 atom stereocenters. The van der Waals surface area contributed by atoms with Crippen LogP contribution < -0.4 is 0 Å². The van der Waals surface area contributed by atoms with Crippen LogP contribution in [0.2, 0.25) is 0 Å². The summed E-state index contributed by atoms with van der Waals surface area (Å²) in [5, 5.41) is 0. The maximum absolute atomic E-state index is 12.8. The van der Waals surface area contributed by atoms with Crippen molar-refractivity contribution in [3.05, 3.63) is 109 Å². The van der Waals surface area contributed by atoms with E-state index in [1.165, 1.54) is 89.9 Å². The lowest BCUT2D eigenvalue weighted by Gasteiger charge is -2.18. The van der Waals surface area contributed by atoms with Gasteiger partial charge in [-0.15, -0.1) is 0 Å². The average molecular weight is 915 g/mol. The zero-order chi connectivity index (χ0) is 47.7. The standard InChI is InChI=1S/C61H102O5/c1-4-7-10-13-16-19-22-25-28-30-31-32-34-36-39-42-45-48-51-54-60(62)65-58-59(57-64-56-53-50-47-44-41-38-35-29-26-23-20-17-14-11-8-5-2)66-61(63)55-52-49-46-43-40-37-33-27-24-21-18-15-12-9-6-3/h7,9-10,12,16,18-19,21,25-29,31-33,36,39,59H,4-6,8,11,13-15,17,20,22-24,30,34-35,37-38,40-58H2,1-3H3/b10-7-,12-9-,19-16-,21-18-,28-25-,29-26-,32-31-,33-27-,39-36-. The third kappa shape index (κ3) is 53.2. The first kappa shape index (κ1) is 62.6. The first-order chi connectivity index (χ1) is 32.6. The molecule has 5 heteroatoms. The molecule has 0 aliphatic rings. The molecular formula is C61H102O5. The molecule has 0 saturated heterocycles. The molecule has 1 unspecified atom stereocenters. The highest BCUT2D eigenvalue weighted by Gasteiger charge is 2.17. The SMILES string of the molecule is CC/C=C\C/C=C\C/C=C\C/C=C\C/C=C\CCCCCC(=O)OCC(COCCCCCCCC/C=C\CCCCCCCC)OC(=O)CCCCCCC/C=C\C/C=C\C/C=C\CC. The van der Waals surface area contributed by atoms with Gasteiger partial charge < -0.3 is 14.2 Å². The van der Waals surface area contributed by atoms with Crippen LogP contribution in [0.3, 0.4) is 0 Å². The molecule has 0 amide bonds. The fraction of sp³-hybridized carbons (Fsp3) is 0.672. The van der Waals surface area contributed by atoms with Crippen LogP contribution in [0.5, 0.6) is 0 Å². The van der Waals surface area contributed by atoms with E-state index in [9.17, 15) is 9.59 Å². The van der Waals surface area contributed by atoms with Crippen LogP contribution in [0.15, 0.2) is 109 Å². The summed E-state index contributed by atoms with van der Waals surface area (Å²) < 4.78 is 17.4. The third-order valence-electron chi connectivity index (χ3n) is 11.3. The molecule has 0 heterocycles. The van der Waals surface area contributed by atoms with Gasteiger partial charge >= 0.3 is 11.9 Å². The number of rotatable bonds is 49. The summed E-state index contributed by atoms with van der Waals surface area (Å²) >= 11 is 0. The molecular weight excluding hydrogens is 813 g/mol. The second kappa shape index (κ2) is 55.9. The van der Waals surface area contributed by atoms with Crippen LogP contribution >= 0.6 is 0 Å². The van der Waals surface area contributed by atoms with E-state index in [2.05, 4.69) is 130 Å². The Hall–Kier alpha value is -3.44. The third-order valence-corrected chi connectivity index (χ3v) is 11.3. The van der Waals surface area contributed by atoms with Crippen molar-refractivity contribution in [1.29, 1.82) is 0 Å². The van der Waals surface area contributed by atoms with E-state index in [0.717, 1.165) is 116 Å². The molecule has 376 valence electrons. The summed E-state index contributed by atoms with van der Waals surface area (Å²) in [6.45, 7) is 7.53. The van der Waals surface area contributed by atoms with Crippen LogP contribution in [0.25, 0.3) is 0 Å². The zero-order valence-electron chi connectivity index (χ0n) is 43.2. The predicted molar refractivity (Wildman–Crippen MR) is 288 cm³/mol. The monoisotopic (exact) mass is 915 g/mol. The number of esters is 2. The molecule has 0 saturated carbocycles. The number of carbonyl (C=O) groups excluding carboxylic acids is 2. The summed E-state index contributed by atoms with van der Waals surface area (Å²) in [5.41, 5.74) is 0. The van der Waals surface area contributed by atoms with E-state index in [4.69, 9.17) is 14.2 Å². The number of allylic oxidation sites excluding steroid dienone is 18. The number of unbranched alkanes of at least 4 members (excludes halogenated alkanes) is 20. The molecule has 0 aromatic carbocycles. The Bertz CT molecular complexity index is 1310. The molecule has 0 aliphatic carbocycles. The van der Waals surface area contributed by atoms with E-state index in [1.807, 2.05) is 0 Å². The fourth-order valence-corrected chi connectivity index (χ4v) is 7.25. The van der Waals surface area contributed by atoms with Gasteiger partial charge in [0.15, 0.2) is 6.10 Å². The van der Waals surface area contributed by atoms with Crippen molar-refractivity contribution < 1.29 is 23.8 Å². The lowest BCUT2D eigenvalue weighted by molar-refractivity contribution is -0.163. The number of ether oxygens (including phenoxy) is 3. The Morgan fingerprint density at radius 2 is 0.682 bits per heavy atom. The normalized spacial score (nSPS) is 13.1. The number of carbonyl (C=O) groups is 2. The van der Waals surface area contributed by atoms with Crippen molar-refractivity contribution in [2.75, 3.05) is 19.8 Å². The molecule has 0 spiro atoms. The highest BCUT2D eigenvalue weighted by Crippen LogP contribution is 2.13. The van der Waals surface area contributed by atoms with Crippen molar-refractivity contribution in [2.24, 2.45) is 0 Å². The van der Waals surface area contributed by atoms with Crippen LogP contribution in [0.4, 0.5) is 0 Å². The lowest BCUT2D eigenvalue weighted by Crippen LogP contribution is -2.30. The van der Waals surface area contributed by atoms with Crippen molar-refractivity contribution in [3.8, 4) is 0 Å². The van der Waals surface area contributed by atoms with Gasteiger partial charge in [-0.3, -0.25) is 9.59 Å². The summed E-state index contributed by atoms with van der Waals surface area (Å²) in [5.74, 6) is -0.460. The second-order valence-electron chi connectivity index (χ2n) is 17.7. The second-order valence-corrected chi connectivity index (χ2v) is 17.7. The van der Waals surface area contributed by atoms with E-state index >= 15 is 0 Å². The van der Waals surface area contributed by atoms with E-state index in [-0.39, 0.29) is 25.2 Å². The molecule has 0 aliphatic heterocycles. The number of hydrogen-bond acceptors (Lipinski definition) is 5. The molecule has 0 aromatic heterocycles. The zero-order valence-corrected chi connectivity index (χ0v) is 43.2. The Balaban J connectivity index is 4.39. The average Bonchev–Trinajstić information content (AvgIpc) is 3.32. The van der Waals surface area contributed by atoms with Crippen molar-refractivity contribution in [1.82, 2.24) is 0 Å². The van der Waals surface area contributed by atoms with E-state index in [1.54, 1.807) is 0 Å². The van der Waals surface area contributed by atoms with Gasteiger partial charge in [-0.2, -0.15) is 0 Å². The Morgan fingerprint density at radius 3 is 1.12 bits per heavy atom. The topological polar surface area (TPSA) is 61.8 Å². The van der Waals surface area contributed by atoms with Crippen LogP contribution in [0.1, 0.15) is 239 Å². The van der Waals surface area contributed by atoms with Gasteiger partial charge in [-0.1, -0.05) is 214 Å². The maximum Gasteiger partial charge on any atom is 0.306 e. The fourth-order valence-electron chi connectivity index (χ4n) is 7.25. The highest BCUT2D eigenvalue weighted by atomic mass is 16.6. The Morgan fingerprint density at radius 1 is 0.348 bits per heavy atom. The first-order valence-electron chi connectivity index (χ1n) is 27.4. The lowest BCUT2D eigenvalue weighted by atomic mass is 10.1. The minimum Gasteiger partial charge on any atom is -0.462 e. The van der Waals surface area contributed by atoms with Gasteiger partial charge in [0, 0.05) is 19.4 Å². The largest absolute Gasteiger partial charge is 0.462 e. The van der Waals surface area contributed by atoms with E-state index < -0.39 is 6.10 Å². The van der Waals surface area contributed by atoms with Crippen molar-refractivity contribution >= 4 is 11.9 Å². The molecule has 0 rings (SSSR count). The molecule has 66 heavy (non-hydrogen) atoms. The first-order valence-corrected chi connectivity index (χ1v) is 27.4. The van der Waals surface area contributed by atoms with Crippen molar-refractivity contribution in [2.45, 2.75) is 245 Å². The van der Waals surface area contributed by atoms with Gasteiger partial charge in [0.25, 0.3) is 0 Å². The van der Waals surface area contributed by atoms with Crippen LogP contribution in [-0.2, 0) is 23.8 Å². The quantitative estimate of drug-likeness (QED) is 0.0346. The summed E-state index contributed by atoms with van der Waals surface area (Å²) in [4.78, 5) is 25.5.